The number of ether oxygens (including phenoxy) is 1. The highest BCUT2D eigenvalue weighted by Gasteiger charge is 2.27. The monoisotopic (exact) mass is 248 g/mol. The van der Waals surface area contributed by atoms with Gasteiger partial charge in [0.1, 0.15) is 5.75 Å². The minimum absolute atomic E-state index is 0.147. The van der Waals surface area contributed by atoms with Crippen LogP contribution in [0.4, 0.5) is 0 Å². The standard InChI is InChI=1S/C14H20N2O2/c1-15-14(17)12-7-8-16(10-12)9-11-3-5-13(18-2)6-4-11/h3-6,12H,7-10H2,1-2H3,(H,15,17). The number of carbonyl (C=O) groups is 1. The number of amides is 1. The summed E-state index contributed by atoms with van der Waals surface area (Å²) < 4.78 is 5.14. The molecular formula is C14H20N2O2. The molecule has 1 atom stereocenters. The van der Waals surface area contributed by atoms with E-state index in [1.165, 1.54) is 5.56 Å². The number of nitrogens with one attached hydrogen (secondary N) is 1. The zero-order valence-corrected chi connectivity index (χ0v) is 11.0. The van der Waals surface area contributed by atoms with Gasteiger partial charge in [0, 0.05) is 20.1 Å². The molecule has 1 N–H and O–H groups in total. The summed E-state index contributed by atoms with van der Waals surface area (Å²) in [7, 11) is 3.37. The first-order chi connectivity index (χ1) is 8.72. The van der Waals surface area contributed by atoms with Crippen LogP contribution in [0.25, 0.3) is 0 Å². The first-order valence-electron chi connectivity index (χ1n) is 6.30. The van der Waals surface area contributed by atoms with Gasteiger partial charge in [0.25, 0.3) is 0 Å². The molecule has 1 aliphatic rings. The number of likely N-dealkylation sites (tertiary alicyclic amines) is 1. The van der Waals surface area contributed by atoms with Crippen molar-refractivity contribution in [2.24, 2.45) is 5.92 Å². The number of hydrogen-bond acceptors (Lipinski definition) is 3. The Kier molecular flexibility index (Phi) is 4.20. The number of nitrogens with zero attached hydrogens (tertiary/aromatic N) is 1. The number of rotatable bonds is 4. The van der Waals surface area contributed by atoms with Crippen LogP contribution in [0.3, 0.4) is 0 Å². The smallest absolute Gasteiger partial charge is 0.224 e. The van der Waals surface area contributed by atoms with E-state index in [0.717, 1.165) is 31.8 Å². The van der Waals surface area contributed by atoms with E-state index in [1.807, 2.05) is 12.1 Å². The summed E-state index contributed by atoms with van der Waals surface area (Å²) in [6.45, 7) is 2.74. The quantitative estimate of drug-likeness (QED) is 0.872. The maximum Gasteiger partial charge on any atom is 0.224 e. The van der Waals surface area contributed by atoms with Crippen LogP contribution in [0.15, 0.2) is 24.3 Å². The molecule has 1 aliphatic heterocycles. The lowest BCUT2D eigenvalue weighted by atomic mass is 10.1. The van der Waals surface area contributed by atoms with Gasteiger partial charge in [-0.1, -0.05) is 12.1 Å². The first kappa shape index (κ1) is 12.9. The Morgan fingerprint density at radius 3 is 2.78 bits per heavy atom. The molecule has 0 bridgehead atoms. The molecule has 0 saturated carbocycles. The van der Waals surface area contributed by atoms with Crippen molar-refractivity contribution in [2.45, 2.75) is 13.0 Å². The molecule has 0 aliphatic carbocycles. The average molecular weight is 248 g/mol. The number of carbonyl (C=O) groups excluding carboxylic acids is 1. The fourth-order valence-electron chi connectivity index (χ4n) is 2.38. The molecule has 1 unspecified atom stereocenters. The Bertz CT molecular complexity index is 403. The van der Waals surface area contributed by atoms with Gasteiger partial charge in [0.05, 0.1) is 13.0 Å². The molecule has 98 valence electrons. The highest BCUT2D eigenvalue weighted by molar-refractivity contribution is 5.78. The van der Waals surface area contributed by atoms with Crippen LogP contribution in [0.1, 0.15) is 12.0 Å². The van der Waals surface area contributed by atoms with Gasteiger partial charge in [-0.2, -0.15) is 0 Å². The molecular weight excluding hydrogens is 228 g/mol. The Morgan fingerprint density at radius 2 is 2.17 bits per heavy atom. The van der Waals surface area contributed by atoms with Crippen molar-refractivity contribution in [3.63, 3.8) is 0 Å². The van der Waals surface area contributed by atoms with E-state index >= 15 is 0 Å². The van der Waals surface area contributed by atoms with Crippen LogP contribution in [0.5, 0.6) is 5.75 Å². The van der Waals surface area contributed by atoms with Crippen LogP contribution >= 0.6 is 0 Å². The summed E-state index contributed by atoms with van der Waals surface area (Å²) in [5.74, 6) is 1.18. The van der Waals surface area contributed by atoms with Gasteiger partial charge in [-0.15, -0.1) is 0 Å². The molecule has 1 amide bonds. The summed E-state index contributed by atoms with van der Waals surface area (Å²) in [4.78, 5) is 13.9. The number of methoxy groups -OCH3 is 1. The molecule has 2 rings (SSSR count). The predicted octanol–water partition coefficient (Wildman–Crippen LogP) is 1.26. The van der Waals surface area contributed by atoms with E-state index in [9.17, 15) is 4.79 Å². The van der Waals surface area contributed by atoms with Gasteiger partial charge in [-0.3, -0.25) is 9.69 Å². The summed E-state index contributed by atoms with van der Waals surface area (Å²) in [5.41, 5.74) is 1.26. The predicted molar refractivity (Wildman–Crippen MR) is 70.4 cm³/mol. The summed E-state index contributed by atoms with van der Waals surface area (Å²) in [6.07, 6.45) is 0.954. The maximum absolute atomic E-state index is 11.5. The van der Waals surface area contributed by atoms with Crippen molar-refractivity contribution in [3.05, 3.63) is 29.8 Å². The topological polar surface area (TPSA) is 41.6 Å². The first-order valence-corrected chi connectivity index (χ1v) is 6.30. The lowest BCUT2D eigenvalue weighted by Crippen LogP contribution is -2.30. The van der Waals surface area contributed by atoms with Crippen LogP contribution in [-0.2, 0) is 11.3 Å². The summed E-state index contributed by atoms with van der Waals surface area (Å²) in [5, 5.41) is 2.72. The van der Waals surface area contributed by atoms with E-state index < -0.39 is 0 Å². The fourth-order valence-corrected chi connectivity index (χ4v) is 2.38. The van der Waals surface area contributed by atoms with Gasteiger partial charge < -0.3 is 10.1 Å². The van der Waals surface area contributed by atoms with Crippen LogP contribution in [0, 0.1) is 5.92 Å². The molecule has 1 heterocycles. The molecule has 1 fully saturated rings. The third-order valence-electron chi connectivity index (χ3n) is 3.45. The second-order valence-corrected chi connectivity index (χ2v) is 4.68. The third-order valence-corrected chi connectivity index (χ3v) is 3.45. The van der Waals surface area contributed by atoms with Gasteiger partial charge in [0.2, 0.25) is 5.91 Å². The summed E-state index contributed by atoms with van der Waals surface area (Å²) in [6, 6.07) is 8.10. The minimum atomic E-state index is 0.147. The Hall–Kier alpha value is -1.55. The van der Waals surface area contributed by atoms with Crippen LogP contribution in [-0.4, -0.2) is 38.1 Å². The molecule has 4 heteroatoms. The van der Waals surface area contributed by atoms with E-state index in [0.29, 0.717) is 0 Å². The van der Waals surface area contributed by atoms with Gasteiger partial charge >= 0.3 is 0 Å². The lowest BCUT2D eigenvalue weighted by Gasteiger charge is -2.15. The van der Waals surface area contributed by atoms with Gasteiger partial charge in [-0.25, -0.2) is 0 Å². The van der Waals surface area contributed by atoms with Crippen molar-refractivity contribution in [3.8, 4) is 5.75 Å². The molecule has 1 saturated heterocycles. The zero-order valence-electron chi connectivity index (χ0n) is 11.0. The van der Waals surface area contributed by atoms with E-state index in [2.05, 4.69) is 22.3 Å². The normalized spacial score (nSPS) is 19.8. The highest BCUT2D eigenvalue weighted by atomic mass is 16.5. The zero-order chi connectivity index (χ0) is 13.0. The maximum atomic E-state index is 11.5. The SMILES string of the molecule is CNC(=O)C1CCN(Cc2ccc(OC)cc2)C1. The number of hydrogen-bond donors (Lipinski definition) is 1. The van der Waals surface area contributed by atoms with Crippen molar-refractivity contribution in [1.82, 2.24) is 10.2 Å². The molecule has 1 aromatic rings. The van der Waals surface area contributed by atoms with E-state index in [1.54, 1.807) is 14.2 Å². The molecule has 0 spiro atoms. The van der Waals surface area contributed by atoms with Crippen molar-refractivity contribution in [2.75, 3.05) is 27.2 Å². The fraction of sp³-hybridized carbons (Fsp3) is 0.500. The second kappa shape index (κ2) is 5.87. The Labute approximate surface area is 108 Å². The van der Waals surface area contributed by atoms with Crippen molar-refractivity contribution in [1.29, 1.82) is 0 Å². The van der Waals surface area contributed by atoms with Crippen LogP contribution < -0.4 is 10.1 Å². The van der Waals surface area contributed by atoms with E-state index in [4.69, 9.17) is 4.74 Å². The lowest BCUT2D eigenvalue weighted by molar-refractivity contribution is -0.124. The highest BCUT2D eigenvalue weighted by Crippen LogP contribution is 2.20. The molecule has 0 radical (unpaired) electrons. The van der Waals surface area contributed by atoms with Crippen LogP contribution in [0.2, 0.25) is 0 Å². The number of benzene rings is 1. The van der Waals surface area contributed by atoms with Crippen molar-refractivity contribution < 1.29 is 9.53 Å². The molecule has 1 aromatic carbocycles. The molecule has 4 nitrogen and oxygen atoms in total. The molecule has 0 aromatic heterocycles. The largest absolute Gasteiger partial charge is 0.497 e. The van der Waals surface area contributed by atoms with E-state index in [-0.39, 0.29) is 11.8 Å². The second-order valence-electron chi connectivity index (χ2n) is 4.68. The Balaban J connectivity index is 1.89. The molecule has 18 heavy (non-hydrogen) atoms. The minimum Gasteiger partial charge on any atom is -0.497 e. The van der Waals surface area contributed by atoms with Gasteiger partial charge in [-0.05, 0) is 30.7 Å². The van der Waals surface area contributed by atoms with Crippen molar-refractivity contribution >= 4 is 5.91 Å². The summed E-state index contributed by atoms with van der Waals surface area (Å²) >= 11 is 0. The third kappa shape index (κ3) is 3.01. The average Bonchev–Trinajstić information content (AvgIpc) is 2.87. The Morgan fingerprint density at radius 1 is 1.44 bits per heavy atom. The van der Waals surface area contributed by atoms with Gasteiger partial charge in [0.15, 0.2) is 0 Å².